The summed E-state index contributed by atoms with van der Waals surface area (Å²) in [5.74, 6) is -0.381. The molecular formula is C32H36N4O2. The van der Waals surface area contributed by atoms with Crippen LogP contribution < -0.4 is 0 Å². The van der Waals surface area contributed by atoms with Gasteiger partial charge in [0.05, 0.1) is 29.9 Å². The third-order valence-corrected chi connectivity index (χ3v) is 7.87. The molecule has 3 aromatic rings. The van der Waals surface area contributed by atoms with Crippen LogP contribution in [0.2, 0.25) is 0 Å². The number of hydrogen-bond acceptors (Lipinski definition) is 4. The van der Waals surface area contributed by atoms with E-state index >= 15 is 0 Å². The molecule has 0 atom stereocenters. The zero-order chi connectivity index (χ0) is 27.1. The summed E-state index contributed by atoms with van der Waals surface area (Å²) < 4.78 is 6.97. The minimum atomic E-state index is -0.381. The minimum absolute atomic E-state index is 0.381. The lowest BCUT2D eigenvalue weighted by Crippen LogP contribution is -2.04. The lowest BCUT2D eigenvalue weighted by atomic mass is 10.00. The van der Waals surface area contributed by atoms with Crippen molar-refractivity contribution in [1.29, 1.82) is 0 Å². The molecule has 0 fully saturated rings. The number of rotatable bonds is 5. The number of ether oxygens (including phenoxy) is 1. The van der Waals surface area contributed by atoms with E-state index in [0.717, 1.165) is 64.9 Å². The summed E-state index contributed by atoms with van der Waals surface area (Å²) in [7, 11) is 1.41. The summed E-state index contributed by atoms with van der Waals surface area (Å²) in [5, 5.41) is 0.915. The molecule has 1 N–H and O–H groups in total. The van der Waals surface area contributed by atoms with Crippen LogP contribution >= 0.6 is 0 Å². The van der Waals surface area contributed by atoms with E-state index < -0.39 is 0 Å². The van der Waals surface area contributed by atoms with Gasteiger partial charge in [0.1, 0.15) is 5.69 Å². The first-order valence-electron chi connectivity index (χ1n) is 13.6. The largest absolute Gasteiger partial charge is 0.464 e. The van der Waals surface area contributed by atoms with Crippen molar-refractivity contribution in [3.05, 3.63) is 76.3 Å². The fraction of sp³-hybridized carbons (Fsp3) is 0.344. The van der Waals surface area contributed by atoms with Crippen LogP contribution in [0.1, 0.15) is 98.3 Å². The van der Waals surface area contributed by atoms with Gasteiger partial charge < -0.3 is 14.1 Å². The number of allylic oxidation sites excluding steroid dienone is 4. The van der Waals surface area contributed by atoms with E-state index in [1.165, 1.54) is 40.5 Å². The normalized spacial score (nSPS) is 13.4. The molecule has 0 spiro atoms. The lowest BCUT2D eigenvalue weighted by Gasteiger charge is -2.03. The van der Waals surface area contributed by atoms with Gasteiger partial charge in [0.2, 0.25) is 0 Å². The van der Waals surface area contributed by atoms with Crippen molar-refractivity contribution in [2.45, 2.75) is 67.2 Å². The van der Waals surface area contributed by atoms with Crippen molar-refractivity contribution in [3.8, 4) is 0 Å². The predicted molar refractivity (Wildman–Crippen MR) is 156 cm³/mol. The smallest absolute Gasteiger partial charge is 0.355 e. The Hall–Kier alpha value is -3.93. The number of carbonyl (C=O) groups is 1. The zero-order valence-corrected chi connectivity index (χ0v) is 23.5. The third kappa shape index (κ3) is 4.18. The van der Waals surface area contributed by atoms with Crippen LogP contribution in [-0.2, 0) is 11.2 Å². The first kappa shape index (κ1) is 25.7. The Labute approximate surface area is 224 Å². The highest BCUT2D eigenvalue weighted by atomic mass is 16.5. The predicted octanol–water partition coefficient (Wildman–Crippen LogP) is 7.82. The third-order valence-electron chi connectivity index (χ3n) is 7.87. The van der Waals surface area contributed by atoms with Crippen molar-refractivity contribution in [2.75, 3.05) is 7.11 Å². The van der Waals surface area contributed by atoms with E-state index in [2.05, 4.69) is 64.7 Å². The molecule has 0 amide bonds. The van der Waals surface area contributed by atoms with Crippen molar-refractivity contribution >= 4 is 44.7 Å². The van der Waals surface area contributed by atoms with Gasteiger partial charge in [-0.25, -0.2) is 14.8 Å². The Balaban J connectivity index is 1.98. The molecule has 38 heavy (non-hydrogen) atoms. The number of methoxy groups -OCH3 is 1. The second-order valence-corrected chi connectivity index (χ2v) is 9.91. The number of aromatic nitrogens is 4. The summed E-state index contributed by atoms with van der Waals surface area (Å²) in [6.07, 6.45) is 7.46. The molecule has 8 bridgehead atoms. The number of nitrogens with one attached hydrogen (secondary N) is 1. The number of nitrogens with zero attached hydrogens (tertiary/aromatic N) is 3. The van der Waals surface area contributed by atoms with Crippen LogP contribution in [0.5, 0.6) is 0 Å². The molecule has 6 nitrogen and oxygen atoms in total. The van der Waals surface area contributed by atoms with Crippen molar-refractivity contribution in [2.24, 2.45) is 0 Å². The molecular weight excluding hydrogens is 472 g/mol. The van der Waals surface area contributed by atoms with Gasteiger partial charge >= 0.3 is 5.97 Å². The number of fused-ring (bicyclic) bond motifs is 8. The first-order valence-corrected chi connectivity index (χ1v) is 13.6. The first-order chi connectivity index (χ1) is 18.3. The Morgan fingerprint density at radius 1 is 0.789 bits per heavy atom. The fourth-order valence-corrected chi connectivity index (χ4v) is 5.84. The van der Waals surface area contributed by atoms with Crippen molar-refractivity contribution in [3.63, 3.8) is 0 Å². The molecule has 3 aromatic heterocycles. The van der Waals surface area contributed by atoms with Gasteiger partial charge in [-0.2, -0.15) is 0 Å². The molecule has 5 rings (SSSR count). The van der Waals surface area contributed by atoms with Crippen LogP contribution in [0.4, 0.5) is 0 Å². The second-order valence-electron chi connectivity index (χ2n) is 9.91. The average molecular weight is 509 g/mol. The van der Waals surface area contributed by atoms with Gasteiger partial charge in [0.15, 0.2) is 0 Å². The summed E-state index contributed by atoms with van der Waals surface area (Å²) in [5.41, 5.74) is 13.7. The molecule has 0 saturated heterocycles. The quantitative estimate of drug-likeness (QED) is 0.357. The average Bonchev–Trinajstić information content (AvgIpc) is 3.62. The van der Waals surface area contributed by atoms with Crippen LogP contribution in [0.25, 0.3) is 38.7 Å². The van der Waals surface area contributed by atoms with E-state index in [4.69, 9.17) is 14.7 Å². The maximum absolute atomic E-state index is 12.7. The Morgan fingerprint density at radius 2 is 1.45 bits per heavy atom. The highest BCUT2D eigenvalue weighted by Gasteiger charge is 2.21. The molecule has 0 aromatic carbocycles. The van der Waals surface area contributed by atoms with Gasteiger partial charge in [0, 0.05) is 23.4 Å². The zero-order valence-electron chi connectivity index (χ0n) is 23.5. The Bertz CT molecular complexity index is 1680. The van der Waals surface area contributed by atoms with Gasteiger partial charge in [-0.1, -0.05) is 27.7 Å². The van der Waals surface area contributed by atoms with Crippen molar-refractivity contribution < 1.29 is 9.53 Å². The number of carbonyl (C=O) groups excluding carboxylic acids is 1. The maximum Gasteiger partial charge on any atom is 0.355 e. The molecule has 5 heterocycles. The van der Waals surface area contributed by atoms with E-state index in [0.29, 0.717) is 5.69 Å². The number of aromatic amines is 1. The van der Waals surface area contributed by atoms with E-state index in [9.17, 15) is 4.79 Å². The molecule has 196 valence electrons. The van der Waals surface area contributed by atoms with E-state index in [1.54, 1.807) is 0 Å². The Morgan fingerprint density at radius 3 is 2.11 bits per heavy atom. The second kappa shape index (κ2) is 10.1. The molecule has 2 aliphatic rings. The molecule has 0 radical (unpaired) electrons. The summed E-state index contributed by atoms with van der Waals surface area (Å²) in [6, 6.07) is 8.30. The van der Waals surface area contributed by atoms with Gasteiger partial charge in [-0.15, -0.1) is 0 Å². The topological polar surface area (TPSA) is 72.3 Å². The molecule has 0 aliphatic carbocycles. The van der Waals surface area contributed by atoms with Crippen LogP contribution in [-0.4, -0.2) is 32.4 Å². The number of esters is 1. The van der Waals surface area contributed by atoms with Gasteiger partial charge in [-0.3, -0.25) is 0 Å². The fourth-order valence-electron chi connectivity index (χ4n) is 5.84. The van der Waals surface area contributed by atoms with Gasteiger partial charge in [0.25, 0.3) is 0 Å². The maximum atomic E-state index is 12.7. The van der Waals surface area contributed by atoms with Crippen molar-refractivity contribution in [1.82, 2.24) is 19.4 Å². The molecule has 0 unspecified atom stereocenters. The standard InChI is InChI=1S/C32H36N4O2/c1-8-21-18(5)25-12-20-13-31(32(37)38-7)36(16-20)17-30-24(11-4)23(10-3)29(35-30)14-26-19(6)22(9-2)28(34-26)15-27(21)33-25/h12-17,33H,8-11H2,1-7H3. The summed E-state index contributed by atoms with van der Waals surface area (Å²) in [4.78, 5) is 26.6. The van der Waals surface area contributed by atoms with Crippen LogP contribution in [0.15, 0.2) is 36.7 Å². The van der Waals surface area contributed by atoms with Crippen LogP contribution in [0, 0.1) is 6.92 Å². The van der Waals surface area contributed by atoms with Crippen LogP contribution in [0.3, 0.4) is 0 Å². The highest BCUT2D eigenvalue weighted by molar-refractivity contribution is 5.95. The molecule has 0 saturated carbocycles. The number of hydrogen-bond donors (Lipinski definition) is 1. The molecule has 2 aliphatic heterocycles. The highest BCUT2D eigenvalue weighted by Crippen LogP contribution is 2.37. The SMILES string of the molecule is CCC1=C(C)c2cc3nc(cn4cc(cc4C(=O)OC)cc4[nH]c(cc1n2)c(CC)c4C)C(CC)=C3CC. The minimum Gasteiger partial charge on any atom is -0.464 e. The number of H-pyrrole nitrogens is 1. The summed E-state index contributed by atoms with van der Waals surface area (Å²) >= 11 is 0. The van der Waals surface area contributed by atoms with E-state index in [-0.39, 0.29) is 5.97 Å². The molecule has 6 heteroatoms. The summed E-state index contributed by atoms with van der Waals surface area (Å²) in [6.45, 7) is 13.0. The Kier molecular flexibility index (Phi) is 6.82. The van der Waals surface area contributed by atoms with E-state index in [1.807, 2.05) is 22.9 Å². The van der Waals surface area contributed by atoms with Gasteiger partial charge in [-0.05, 0) is 103 Å². The lowest BCUT2D eigenvalue weighted by molar-refractivity contribution is 0.0592. The monoisotopic (exact) mass is 508 g/mol. The number of aryl methyl sites for hydroxylation is 2.